The third-order valence-electron chi connectivity index (χ3n) is 4.76. The molecule has 1 aromatic heterocycles. The Morgan fingerprint density at radius 1 is 1.18 bits per heavy atom. The molecule has 0 radical (unpaired) electrons. The van der Waals surface area contributed by atoms with Gasteiger partial charge in [0.25, 0.3) is 5.91 Å². The van der Waals surface area contributed by atoms with E-state index >= 15 is 0 Å². The van der Waals surface area contributed by atoms with E-state index in [1.807, 2.05) is 24.0 Å². The number of nitrogens with zero attached hydrogens (tertiary/aromatic N) is 2. The van der Waals surface area contributed by atoms with Gasteiger partial charge < -0.3 is 14.7 Å². The minimum Gasteiger partial charge on any atom is -0.491 e. The van der Waals surface area contributed by atoms with Gasteiger partial charge >= 0.3 is 0 Å². The summed E-state index contributed by atoms with van der Waals surface area (Å²) in [6, 6.07) is 10.8. The highest BCUT2D eigenvalue weighted by molar-refractivity contribution is 7.13. The fraction of sp³-hybridized carbons (Fsp3) is 0.429. The zero-order chi connectivity index (χ0) is 20.1. The van der Waals surface area contributed by atoms with Crippen molar-refractivity contribution in [2.24, 2.45) is 0 Å². The SMILES string of the molecule is CC(=O)c1cccc(OCC(O)CN2CCN(C(=O)c3ccc(C)s3)CC2)c1. The van der Waals surface area contributed by atoms with Crippen LogP contribution in [0.25, 0.3) is 0 Å². The van der Waals surface area contributed by atoms with Crippen LogP contribution in [-0.4, -0.2) is 72.0 Å². The maximum absolute atomic E-state index is 12.5. The first kappa shape index (κ1) is 20.5. The van der Waals surface area contributed by atoms with Crippen molar-refractivity contribution in [3.8, 4) is 5.75 Å². The normalized spacial score (nSPS) is 16.0. The maximum Gasteiger partial charge on any atom is 0.264 e. The van der Waals surface area contributed by atoms with Crippen LogP contribution >= 0.6 is 11.3 Å². The summed E-state index contributed by atoms with van der Waals surface area (Å²) in [7, 11) is 0. The molecule has 1 aliphatic heterocycles. The molecule has 1 fully saturated rings. The van der Waals surface area contributed by atoms with Gasteiger partial charge in [-0.05, 0) is 38.1 Å². The van der Waals surface area contributed by atoms with E-state index in [9.17, 15) is 14.7 Å². The Morgan fingerprint density at radius 2 is 1.93 bits per heavy atom. The minimum absolute atomic E-state index is 0.0175. The number of piperazine rings is 1. The summed E-state index contributed by atoms with van der Waals surface area (Å²) < 4.78 is 5.63. The second-order valence-corrected chi connectivity index (χ2v) is 8.34. The molecule has 7 heteroatoms. The molecule has 2 heterocycles. The van der Waals surface area contributed by atoms with E-state index in [0.29, 0.717) is 30.9 Å². The zero-order valence-corrected chi connectivity index (χ0v) is 17.1. The number of ether oxygens (including phenoxy) is 1. The van der Waals surface area contributed by atoms with Crippen LogP contribution in [0.5, 0.6) is 5.75 Å². The van der Waals surface area contributed by atoms with Gasteiger partial charge in [0, 0.05) is 43.2 Å². The first-order valence-corrected chi connectivity index (χ1v) is 10.2. The summed E-state index contributed by atoms with van der Waals surface area (Å²) in [5.74, 6) is 0.650. The number of carbonyl (C=O) groups is 2. The summed E-state index contributed by atoms with van der Waals surface area (Å²) in [6.45, 7) is 6.94. The summed E-state index contributed by atoms with van der Waals surface area (Å²) >= 11 is 1.53. The lowest BCUT2D eigenvalue weighted by Gasteiger charge is -2.35. The number of amides is 1. The minimum atomic E-state index is -0.636. The average Bonchev–Trinajstić information content (AvgIpc) is 3.13. The van der Waals surface area contributed by atoms with Gasteiger partial charge in [-0.15, -0.1) is 11.3 Å². The van der Waals surface area contributed by atoms with Crippen molar-refractivity contribution in [1.29, 1.82) is 0 Å². The Labute approximate surface area is 169 Å². The molecule has 28 heavy (non-hydrogen) atoms. The molecular formula is C21H26N2O4S. The van der Waals surface area contributed by atoms with Crippen LogP contribution in [0.4, 0.5) is 0 Å². The maximum atomic E-state index is 12.5. The van der Waals surface area contributed by atoms with Crippen molar-refractivity contribution >= 4 is 23.0 Å². The van der Waals surface area contributed by atoms with Crippen molar-refractivity contribution in [3.63, 3.8) is 0 Å². The van der Waals surface area contributed by atoms with E-state index < -0.39 is 6.10 Å². The molecule has 0 saturated carbocycles. The lowest BCUT2D eigenvalue weighted by molar-refractivity contribution is 0.0406. The van der Waals surface area contributed by atoms with E-state index in [1.54, 1.807) is 24.3 Å². The number of thiophene rings is 1. The number of aliphatic hydroxyl groups is 1. The molecule has 0 aliphatic carbocycles. The molecule has 150 valence electrons. The Kier molecular flexibility index (Phi) is 6.83. The Bertz CT molecular complexity index is 827. The summed E-state index contributed by atoms with van der Waals surface area (Å²) in [6.07, 6.45) is -0.636. The van der Waals surface area contributed by atoms with Crippen LogP contribution in [0.3, 0.4) is 0 Å². The van der Waals surface area contributed by atoms with Crippen molar-refractivity contribution < 1.29 is 19.4 Å². The second-order valence-electron chi connectivity index (χ2n) is 7.05. The first-order chi connectivity index (χ1) is 13.4. The largest absolute Gasteiger partial charge is 0.491 e. The predicted molar refractivity (Wildman–Crippen MR) is 109 cm³/mol. The molecule has 1 aliphatic rings. The number of benzene rings is 1. The molecule has 3 rings (SSSR count). The van der Waals surface area contributed by atoms with E-state index in [0.717, 1.165) is 22.8 Å². The molecule has 1 N–H and O–H groups in total. The highest BCUT2D eigenvalue weighted by Crippen LogP contribution is 2.18. The predicted octanol–water partition coefficient (Wildman–Crippen LogP) is 2.46. The van der Waals surface area contributed by atoms with E-state index in [1.165, 1.54) is 18.3 Å². The standard InChI is InChI=1S/C21H26N2O4S/c1-15-6-7-20(28-15)21(26)23-10-8-22(9-11-23)13-18(25)14-27-19-5-3-4-17(12-19)16(2)24/h3-7,12,18,25H,8-11,13-14H2,1-2H3. The number of aryl methyl sites for hydroxylation is 1. The second kappa shape index (κ2) is 9.32. The van der Waals surface area contributed by atoms with Gasteiger partial charge in [0.2, 0.25) is 0 Å². The van der Waals surface area contributed by atoms with Crippen molar-refractivity contribution in [2.45, 2.75) is 20.0 Å². The number of hydrogen-bond donors (Lipinski definition) is 1. The summed E-state index contributed by atoms with van der Waals surface area (Å²) in [5, 5.41) is 10.3. The number of rotatable bonds is 7. The van der Waals surface area contributed by atoms with Gasteiger partial charge in [-0.2, -0.15) is 0 Å². The Balaban J connectivity index is 1.42. The topological polar surface area (TPSA) is 70.1 Å². The molecule has 1 saturated heterocycles. The molecule has 1 unspecified atom stereocenters. The number of aliphatic hydroxyl groups excluding tert-OH is 1. The van der Waals surface area contributed by atoms with Crippen LogP contribution in [-0.2, 0) is 0 Å². The monoisotopic (exact) mass is 402 g/mol. The average molecular weight is 403 g/mol. The third kappa shape index (κ3) is 5.41. The lowest BCUT2D eigenvalue weighted by atomic mass is 10.1. The summed E-state index contributed by atoms with van der Waals surface area (Å²) in [5.41, 5.74) is 0.591. The highest BCUT2D eigenvalue weighted by atomic mass is 32.1. The Hall–Kier alpha value is -2.22. The van der Waals surface area contributed by atoms with Gasteiger partial charge in [0.05, 0.1) is 4.88 Å². The van der Waals surface area contributed by atoms with Crippen molar-refractivity contribution in [1.82, 2.24) is 9.80 Å². The van der Waals surface area contributed by atoms with Gasteiger partial charge in [0.1, 0.15) is 18.5 Å². The quantitative estimate of drug-likeness (QED) is 0.721. The Morgan fingerprint density at radius 3 is 2.57 bits per heavy atom. The van der Waals surface area contributed by atoms with Crippen LogP contribution in [0.15, 0.2) is 36.4 Å². The van der Waals surface area contributed by atoms with Crippen LogP contribution < -0.4 is 4.74 Å². The zero-order valence-electron chi connectivity index (χ0n) is 16.3. The molecule has 1 atom stereocenters. The molecule has 2 aromatic rings. The van der Waals surface area contributed by atoms with E-state index in [2.05, 4.69) is 4.90 Å². The van der Waals surface area contributed by atoms with Gasteiger partial charge in [-0.25, -0.2) is 0 Å². The molecule has 1 aromatic carbocycles. The number of carbonyl (C=O) groups excluding carboxylic acids is 2. The third-order valence-corrected chi connectivity index (χ3v) is 5.75. The number of hydrogen-bond acceptors (Lipinski definition) is 6. The van der Waals surface area contributed by atoms with E-state index in [4.69, 9.17) is 4.74 Å². The number of β-amino-alcohol motifs (C(OH)–C–C–N with tert-alkyl or cyclic N) is 1. The van der Waals surface area contributed by atoms with Crippen LogP contribution in [0.1, 0.15) is 31.8 Å². The highest BCUT2D eigenvalue weighted by Gasteiger charge is 2.24. The molecule has 1 amide bonds. The number of ketones is 1. The first-order valence-electron chi connectivity index (χ1n) is 9.42. The smallest absolute Gasteiger partial charge is 0.264 e. The van der Waals surface area contributed by atoms with Gasteiger partial charge in [-0.3, -0.25) is 14.5 Å². The van der Waals surface area contributed by atoms with E-state index in [-0.39, 0.29) is 18.3 Å². The van der Waals surface area contributed by atoms with Crippen LogP contribution in [0.2, 0.25) is 0 Å². The van der Waals surface area contributed by atoms with Gasteiger partial charge in [-0.1, -0.05) is 12.1 Å². The van der Waals surface area contributed by atoms with Crippen molar-refractivity contribution in [3.05, 3.63) is 51.7 Å². The fourth-order valence-corrected chi connectivity index (χ4v) is 4.02. The molecule has 0 bridgehead atoms. The molecule has 6 nitrogen and oxygen atoms in total. The van der Waals surface area contributed by atoms with Crippen molar-refractivity contribution in [2.75, 3.05) is 39.3 Å². The van der Waals surface area contributed by atoms with Gasteiger partial charge in [0.15, 0.2) is 5.78 Å². The number of Topliss-reactive ketones (excluding diaryl/α,β-unsaturated/α-hetero) is 1. The summed E-state index contributed by atoms with van der Waals surface area (Å²) in [4.78, 5) is 29.9. The fourth-order valence-electron chi connectivity index (χ4n) is 3.19. The molecule has 0 spiro atoms. The van der Waals surface area contributed by atoms with Crippen LogP contribution in [0, 0.1) is 6.92 Å². The molecular weight excluding hydrogens is 376 g/mol. The lowest BCUT2D eigenvalue weighted by Crippen LogP contribution is -2.50.